The lowest BCUT2D eigenvalue weighted by Crippen LogP contribution is -2.31. The highest BCUT2D eigenvalue weighted by Crippen LogP contribution is 2.18. The summed E-state index contributed by atoms with van der Waals surface area (Å²) in [5.41, 5.74) is -1.02. The third kappa shape index (κ3) is 4.03. The van der Waals surface area contributed by atoms with Gasteiger partial charge < -0.3 is 9.84 Å². The van der Waals surface area contributed by atoms with Crippen LogP contribution in [0.2, 0.25) is 0 Å². The van der Waals surface area contributed by atoms with Crippen LogP contribution < -0.4 is 4.74 Å². The van der Waals surface area contributed by atoms with Crippen molar-refractivity contribution in [2.75, 3.05) is 0 Å². The molecule has 0 saturated carbocycles. The molecule has 0 bridgehead atoms. The summed E-state index contributed by atoms with van der Waals surface area (Å²) in [5, 5.41) is 9.62. The molecule has 1 rings (SSSR count). The van der Waals surface area contributed by atoms with E-state index in [9.17, 15) is 14.7 Å². The molecule has 1 unspecified atom stereocenters. The highest BCUT2D eigenvalue weighted by molar-refractivity contribution is 6.01. The monoisotopic (exact) mass is 262 g/mol. The zero-order chi connectivity index (χ0) is 14.6. The fraction of sp³-hybridized carbons (Fsp3) is 0.333. The summed E-state index contributed by atoms with van der Waals surface area (Å²) in [4.78, 5) is 23.1. The van der Waals surface area contributed by atoms with E-state index in [1.165, 1.54) is 19.9 Å². The predicted molar refractivity (Wildman–Crippen MR) is 72.4 cm³/mol. The van der Waals surface area contributed by atoms with Gasteiger partial charge in [0.15, 0.2) is 17.7 Å². The number of hydrogen-bond acceptors (Lipinski definition) is 4. The van der Waals surface area contributed by atoms with Crippen LogP contribution in [-0.4, -0.2) is 28.4 Å². The third-order valence-corrected chi connectivity index (χ3v) is 2.59. The van der Waals surface area contributed by atoms with Crippen LogP contribution in [0.3, 0.4) is 0 Å². The smallest absolute Gasteiger partial charge is 0.195 e. The SMILES string of the molecule is C=CC(=O)C(C)Oc1ccc(C(=O)C(C)(C)O)cc1. The summed E-state index contributed by atoms with van der Waals surface area (Å²) >= 11 is 0. The Labute approximate surface area is 112 Å². The van der Waals surface area contributed by atoms with Gasteiger partial charge >= 0.3 is 0 Å². The predicted octanol–water partition coefficient (Wildman–Crippen LogP) is 2.16. The molecule has 0 aromatic heterocycles. The molecule has 1 atom stereocenters. The molecular weight excluding hydrogens is 244 g/mol. The number of ketones is 2. The number of rotatable bonds is 6. The normalized spacial score (nSPS) is 12.6. The van der Waals surface area contributed by atoms with Gasteiger partial charge in [0.25, 0.3) is 0 Å². The first-order chi connectivity index (χ1) is 8.75. The van der Waals surface area contributed by atoms with Gasteiger partial charge in [-0.05, 0) is 51.1 Å². The second-order valence-electron chi connectivity index (χ2n) is 4.78. The molecule has 0 aliphatic rings. The molecule has 102 valence electrons. The quantitative estimate of drug-likeness (QED) is 0.630. The van der Waals surface area contributed by atoms with E-state index in [0.29, 0.717) is 11.3 Å². The molecule has 1 N–H and O–H groups in total. The first kappa shape index (κ1) is 15.1. The third-order valence-electron chi connectivity index (χ3n) is 2.59. The van der Waals surface area contributed by atoms with Gasteiger partial charge in [0.2, 0.25) is 0 Å². The van der Waals surface area contributed by atoms with Gasteiger partial charge in [-0.2, -0.15) is 0 Å². The van der Waals surface area contributed by atoms with E-state index < -0.39 is 11.7 Å². The van der Waals surface area contributed by atoms with E-state index in [1.807, 2.05) is 0 Å². The minimum absolute atomic E-state index is 0.211. The average molecular weight is 262 g/mol. The van der Waals surface area contributed by atoms with Gasteiger partial charge in [0.05, 0.1) is 0 Å². The first-order valence-corrected chi connectivity index (χ1v) is 5.96. The molecule has 1 aromatic carbocycles. The summed E-state index contributed by atoms with van der Waals surface area (Å²) in [6.45, 7) is 7.88. The molecule has 4 heteroatoms. The molecule has 0 amide bonds. The highest BCUT2D eigenvalue weighted by Gasteiger charge is 2.25. The fourth-order valence-corrected chi connectivity index (χ4v) is 1.47. The molecule has 19 heavy (non-hydrogen) atoms. The lowest BCUT2D eigenvalue weighted by molar-refractivity contribution is -0.120. The van der Waals surface area contributed by atoms with Crippen LogP contribution in [0, 0.1) is 0 Å². The van der Waals surface area contributed by atoms with E-state index in [2.05, 4.69) is 6.58 Å². The summed E-state index contributed by atoms with van der Waals surface area (Å²) in [6.07, 6.45) is 0.588. The van der Waals surface area contributed by atoms with Crippen molar-refractivity contribution in [1.82, 2.24) is 0 Å². The van der Waals surface area contributed by atoms with E-state index in [1.54, 1.807) is 31.2 Å². The summed E-state index contributed by atoms with van der Waals surface area (Å²) < 4.78 is 5.39. The molecule has 0 fully saturated rings. The minimum Gasteiger partial charge on any atom is -0.483 e. The molecule has 0 aliphatic carbocycles. The van der Waals surface area contributed by atoms with Crippen molar-refractivity contribution in [1.29, 1.82) is 0 Å². The number of Topliss-reactive ketones (excluding diaryl/α,β-unsaturated/α-hetero) is 1. The molecule has 4 nitrogen and oxygen atoms in total. The van der Waals surface area contributed by atoms with Crippen molar-refractivity contribution in [2.24, 2.45) is 0 Å². The van der Waals surface area contributed by atoms with Crippen LogP contribution in [0.4, 0.5) is 0 Å². The van der Waals surface area contributed by atoms with Crippen molar-refractivity contribution in [3.8, 4) is 5.75 Å². The number of carbonyl (C=O) groups excluding carboxylic acids is 2. The zero-order valence-corrected chi connectivity index (χ0v) is 11.3. The number of carbonyl (C=O) groups is 2. The molecule has 0 heterocycles. The second-order valence-corrected chi connectivity index (χ2v) is 4.78. The van der Waals surface area contributed by atoms with Gasteiger partial charge in [0.1, 0.15) is 11.4 Å². The lowest BCUT2D eigenvalue weighted by atomic mass is 9.97. The number of ether oxygens (including phenoxy) is 1. The Bertz CT molecular complexity index is 480. The van der Waals surface area contributed by atoms with E-state index in [0.717, 1.165) is 0 Å². The summed E-state index contributed by atoms with van der Waals surface area (Å²) in [7, 11) is 0. The van der Waals surface area contributed by atoms with Crippen molar-refractivity contribution >= 4 is 11.6 Å². The van der Waals surface area contributed by atoms with Gasteiger partial charge in [-0.1, -0.05) is 6.58 Å². The Morgan fingerprint density at radius 3 is 2.26 bits per heavy atom. The maximum Gasteiger partial charge on any atom is 0.195 e. The molecule has 0 saturated heterocycles. The van der Waals surface area contributed by atoms with Crippen molar-refractivity contribution in [2.45, 2.75) is 32.5 Å². The van der Waals surface area contributed by atoms with E-state index in [-0.39, 0.29) is 11.6 Å². The Hall–Kier alpha value is -1.94. The second kappa shape index (κ2) is 5.80. The van der Waals surface area contributed by atoms with Crippen LogP contribution in [-0.2, 0) is 4.79 Å². The van der Waals surface area contributed by atoms with Gasteiger partial charge in [-0.25, -0.2) is 0 Å². The zero-order valence-electron chi connectivity index (χ0n) is 11.3. The van der Waals surface area contributed by atoms with Crippen LogP contribution >= 0.6 is 0 Å². The number of hydrogen-bond donors (Lipinski definition) is 1. The Morgan fingerprint density at radius 2 is 1.84 bits per heavy atom. The van der Waals surface area contributed by atoms with Gasteiger partial charge in [-0.3, -0.25) is 9.59 Å². The maximum atomic E-state index is 11.8. The summed E-state index contributed by atoms with van der Waals surface area (Å²) in [6, 6.07) is 6.29. The van der Waals surface area contributed by atoms with Gasteiger partial charge in [0, 0.05) is 5.56 Å². The van der Waals surface area contributed by atoms with Crippen LogP contribution in [0.25, 0.3) is 0 Å². The van der Waals surface area contributed by atoms with Crippen molar-refractivity contribution in [3.05, 3.63) is 42.5 Å². The van der Waals surface area contributed by atoms with E-state index >= 15 is 0 Å². The molecule has 0 spiro atoms. The Morgan fingerprint density at radius 1 is 1.32 bits per heavy atom. The van der Waals surface area contributed by atoms with Crippen LogP contribution in [0.5, 0.6) is 5.75 Å². The largest absolute Gasteiger partial charge is 0.483 e. The first-order valence-electron chi connectivity index (χ1n) is 5.96. The van der Waals surface area contributed by atoms with Crippen molar-refractivity contribution in [3.63, 3.8) is 0 Å². The fourth-order valence-electron chi connectivity index (χ4n) is 1.47. The molecular formula is C15H18O4. The maximum absolute atomic E-state index is 11.8. The topological polar surface area (TPSA) is 63.6 Å². The number of benzene rings is 1. The van der Waals surface area contributed by atoms with Gasteiger partial charge in [-0.15, -0.1) is 0 Å². The summed E-state index contributed by atoms with van der Waals surface area (Å²) in [5.74, 6) is -0.0964. The average Bonchev–Trinajstić information content (AvgIpc) is 2.36. The molecule has 1 aromatic rings. The standard InChI is InChI=1S/C15H18O4/c1-5-13(16)10(2)19-12-8-6-11(7-9-12)14(17)15(3,4)18/h5-10,18H,1H2,2-4H3. The highest BCUT2D eigenvalue weighted by atomic mass is 16.5. The van der Waals surface area contributed by atoms with Crippen LogP contribution in [0.1, 0.15) is 31.1 Å². The number of aliphatic hydroxyl groups is 1. The minimum atomic E-state index is -1.41. The lowest BCUT2D eigenvalue weighted by Gasteiger charge is -2.16. The molecule has 0 radical (unpaired) electrons. The Balaban J connectivity index is 2.80. The Kier molecular flexibility index (Phi) is 4.62. The molecule has 0 aliphatic heterocycles. The van der Waals surface area contributed by atoms with Crippen LogP contribution in [0.15, 0.2) is 36.9 Å². The van der Waals surface area contributed by atoms with E-state index in [4.69, 9.17) is 4.74 Å². The van der Waals surface area contributed by atoms with Crippen molar-refractivity contribution < 1.29 is 19.4 Å².